The van der Waals surface area contributed by atoms with Gasteiger partial charge in [0.05, 0.1) is 18.3 Å². The lowest BCUT2D eigenvalue weighted by molar-refractivity contribution is 0.102. The molecule has 29 heavy (non-hydrogen) atoms. The first-order valence-electron chi connectivity index (χ1n) is 9.24. The van der Waals surface area contributed by atoms with Gasteiger partial charge in [-0.15, -0.1) is 17.5 Å². The number of rotatable bonds is 5. The third-order valence-corrected chi connectivity index (χ3v) is 4.95. The minimum atomic E-state index is -0.456. The number of halogens is 2. The van der Waals surface area contributed by atoms with Crippen molar-refractivity contribution in [2.45, 2.75) is 31.3 Å². The van der Waals surface area contributed by atoms with E-state index >= 15 is 0 Å². The van der Waals surface area contributed by atoms with Gasteiger partial charge in [-0.25, -0.2) is 13.9 Å². The van der Waals surface area contributed by atoms with Gasteiger partial charge < -0.3 is 20.7 Å². The Balaban J connectivity index is 0.00000240. The largest absolute Gasteiger partial charge is 0.447 e. The molecule has 0 saturated carbocycles. The molecule has 0 bridgehead atoms. The highest BCUT2D eigenvalue weighted by Crippen LogP contribution is 2.28. The molecule has 0 radical (unpaired) electrons. The van der Waals surface area contributed by atoms with Gasteiger partial charge in [0.15, 0.2) is 5.69 Å². The third kappa shape index (κ3) is 4.83. The molecular formula is C18H22ClFN6O3. The normalized spacial score (nSPS) is 19.2. The molecule has 2 saturated heterocycles. The van der Waals surface area contributed by atoms with Gasteiger partial charge in [-0.05, 0) is 50.2 Å². The predicted octanol–water partition coefficient (Wildman–Crippen LogP) is 1.67. The van der Waals surface area contributed by atoms with Crippen molar-refractivity contribution in [3.63, 3.8) is 0 Å². The van der Waals surface area contributed by atoms with Crippen molar-refractivity contribution in [3.8, 4) is 0 Å². The van der Waals surface area contributed by atoms with Crippen molar-refractivity contribution in [3.05, 3.63) is 41.5 Å². The van der Waals surface area contributed by atoms with Crippen LogP contribution in [0.2, 0.25) is 0 Å². The molecule has 0 aliphatic carbocycles. The second-order valence-corrected chi connectivity index (χ2v) is 6.93. The number of piperidine rings is 1. The monoisotopic (exact) mass is 424 g/mol. The molecule has 3 N–H and O–H groups in total. The quantitative estimate of drug-likeness (QED) is 0.673. The first-order chi connectivity index (χ1) is 13.6. The van der Waals surface area contributed by atoms with Gasteiger partial charge in [0.2, 0.25) is 0 Å². The Kier molecular flexibility index (Phi) is 6.65. The molecule has 2 fully saturated rings. The molecule has 156 valence electrons. The van der Waals surface area contributed by atoms with Gasteiger partial charge in [0, 0.05) is 11.6 Å². The van der Waals surface area contributed by atoms with Crippen LogP contribution >= 0.6 is 12.4 Å². The van der Waals surface area contributed by atoms with Crippen molar-refractivity contribution < 1.29 is 18.7 Å². The first-order valence-corrected chi connectivity index (χ1v) is 9.24. The fourth-order valence-corrected chi connectivity index (χ4v) is 3.57. The maximum Gasteiger partial charge on any atom is 0.407 e. The van der Waals surface area contributed by atoms with Gasteiger partial charge in [0.1, 0.15) is 12.4 Å². The van der Waals surface area contributed by atoms with E-state index in [9.17, 15) is 14.0 Å². The number of hydrogen-bond acceptors (Lipinski definition) is 6. The van der Waals surface area contributed by atoms with E-state index in [-0.39, 0.29) is 42.5 Å². The average molecular weight is 425 g/mol. The number of aromatic nitrogens is 3. The number of alkyl carbamates (subject to hydrolysis) is 1. The molecule has 3 heterocycles. The summed E-state index contributed by atoms with van der Waals surface area (Å²) in [7, 11) is 0. The summed E-state index contributed by atoms with van der Waals surface area (Å²) in [4.78, 5) is 24.1. The second kappa shape index (κ2) is 9.19. The van der Waals surface area contributed by atoms with E-state index in [0.717, 1.165) is 31.6 Å². The molecule has 1 unspecified atom stereocenters. The fourth-order valence-electron chi connectivity index (χ4n) is 3.57. The number of carbonyl (C=O) groups is 2. The number of nitrogens with one attached hydrogen (secondary N) is 3. The van der Waals surface area contributed by atoms with Gasteiger partial charge in [0.25, 0.3) is 5.91 Å². The van der Waals surface area contributed by atoms with Crippen molar-refractivity contribution in [1.29, 1.82) is 0 Å². The minimum Gasteiger partial charge on any atom is -0.447 e. The molecule has 2 aliphatic rings. The Morgan fingerprint density at radius 2 is 2.00 bits per heavy atom. The summed E-state index contributed by atoms with van der Waals surface area (Å²) < 4.78 is 19.7. The zero-order chi connectivity index (χ0) is 19.5. The number of cyclic esters (lactones) is 1. The van der Waals surface area contributed by atoms with Crippen LogP contribution in [0.15, 0.2) is 24.3 Å². The van der Waals surface area contributed by atoms with Crippen LogP contribution in [0.4, 0.5) is 14.9 Å². The fraction of sp³-hybridized carbons (Fsp3) is 0.444. The van der Waals surface area contributed by atoms with E-state index in [2.05, 4.69) is 26.3 Å². The summed E-state index contributed by atoms with van der Waals surface area (Å²) in [6.07, 6.45) is 1.26. The molecule has 2 aromatic rings. The lowest BCUT2D eigenvalue weighted by Crippen LogP contribution is -2.34. The van der Waals surface area contributed by atoms with Crippen LogP contribution in [0.3, 0.4) is 0 Å². The van der Waals surface area contributed by atoms with E-state index < -0.39 is 12.0 Å². The van der Waals surface area contributed by atoms with Crippen LogP contribution in [0.1, 0.15) is 34.9 Å². The second-order valence-electron chi connectivity index (χ2n) is 6.93. The molecule has 0 spiro atoms. The maximum atomic E-state index is 13.1. The number of anilines is 1. The Bertz CT molecular complexity index is 869. The van der Waals surface area contributed by atoms with Gasteiger partial charge in [-0.1, -0.05) is 5.21 Å². The van der Waals surface area contributed by atoms with E-state index in [1.54, 1.807) is 4.68 Å². The lowest BCUT2D eigenvalue weighted by atomic mass is 9.92. The summed E-state index contributed by atoms with van der Waals surface area (Å²) >= 11 is 0. The molecule has 1 atom stereocenters. The molecule has 1 aromatic carbocycles. The molecule has 2 aliphatic heterocycles. The van der Waals surface area contributed by atoms with E-state index in [1.807, 2.05) is 0 Å². The summed E-state index contributed by atoms with van der Waals surface area (Å²) in [5.74, 6) is -0.637. The highest BCUT2D eigenvalue weighted by Gasteiger charge is 2.30. The molecule has 9 nitrogen and oxygen atoms in total. The molecule has 11 heteroatoms. The van der Waals surface area contributed by atoms with Crippen molar-refractivity contribution >= 4 is 30.1 Å². The van der Waals surface area contributed by atoms with Crippen LogP contribution in [0.25, 0.3) is 0 Å². The van der Waals surface area contributed by atoms with Crippen LogP contribution in [0, 0.1) is 5.82 Å². The highest BCUT2D eigenvalue weighted by molar-refractivity contribution is 6.03. The number of nitrogens with zero attached hydrogens (tertiary/aromatic N) is 3. The zero-order valence-electron chi connectivity index (χ0n) is 15.6. The topological polar surface area (TPSA) is 110 Å². The van der Waals surface area contributed by atoms with Crippen molar-refractivity contribution in [2.24, 2.45) is 0 Å². The summed E-state index contributed by atoms with van der Waals surface area (Å²) in [6, 6.07) is 5.33. The molecule has 2 amide bonds. The minimum absolute atomic E-state index is 0. The van der Waals surface area contributed by atoms with Crippen LogP contribution < -0.4 is 16.0 Å². The number of ether oxygens (including phenoxy) is 1. The number of amides is 2. The van der Waals surface area contributed by atoms with Gasteiger partial charge >= 0.3 is 6.09 Å². The maximum absolute atomic E-state index is 13.1. The smallest absolute Gasteiger partial charge is 0.407 e. The van der Waals surface area contributed by atoms with E-state index in [4.69, 9.17) is 4.74 Å². The Hall–Kier alpha value is -2.72. The lowest BCUT2D eigenvalue weighted by Gasteiger charge is -2.24. The Morgan fingerprint density at radius 3 is 2.66 bits per heavy atom. The predicted molar refractivity (Wildman–Crippen MR) is 105 cm³/mol. The van der Waals surface area contributed by atoms with Gasteiger partial charge in [-0.3, -0.25) is 4.79 Å². The first kappa shape index (κ1) is 21.0. The summed E-state index contributed by atoms with van der Waals surface area (Å²) in [5.41, 5.74) is 1.48. The Labute approximate surface area is 172 Å². The third-order valence-electron chi connectivity index (χ3n) is 4.95. The van der Waals surface area contributed by atoms with Crippen molar-refractivity contribution in [1.82, 2.24) is 25.6 Å². The highest BCUT2D eigenvalue weighted by atomic mass is 35.5. The summed E-state index contributed by atoms with van der Waals surface area (Å²) in [5, 5.41) is 17.1. The van der Waals surface area contributed by atoms with Crippen LogP contribution in [-0.2, 0) is 11.3 Å². The molecular weight excluding hydrogens is 403 g/mol. The number of carbonyl (C=O) groups excluding carboxylic acids is 2. The van der Waals surface area contributed by atoms with E-state index in [1.165, 1.54) is 24.3 Å². The van der Waals surface area contributed by atoms with Crippen LogP contribution in [-0.4, -0.2) is 52.7 Å². The number of benzene rings is 1. The van der Waals surface area contributed by atoms with Crippen LogP contribution in [0.5, 0.6) is 0 Å². The number of hydrogen-bond donors (Lipinski definition) is 3. The molecule has 1 aromatic heterocycles. The standard InChI is InChI=1S/C18H21FN6O3.ClH/c19-12-1-3-13(4-2-12)21-17(26)15-16(11-5-7-20-8-6-11)25(24-23-15)9-14-10-28-18(27)22-14;/h1-4,11,14,20H,5-10H2,(H,21,26)(H,22,27);1H. The SMILES string of the molecule is Cl.O=C1NC(Cn2nnc(C(=O)Nc3ccc(F)cc3)c2C2CCNCC2)CO1. The average Bonchev–Trinajstić information content (AvgIpc) is 3.31. The Morgan fingerprint density at radius 1 is 1.28 bits per heavy atom. The van der Waals surface area contributed by atoms with Crippen molar-refractivity contribution in [2.75, 3.05) is 25.0 Å². The molecule has 4 rings (SSSR count). The zero-order valence-corrected chi connectivity index (χ0v) is 16.4. The van der Waals surface area contributed by atoms with E-state index in [0.29, 0.717) is 12.2 Å². The summed E-state index contributed by atoms with van der Waals surface area (Å²) in [6.45, 7) is 2.32. The van der Waals surface area contributed by atoms with Gasteiger partial charge in [-0.2, -0.15) is 0 Å².